The van der Waals surface area contributed by atoms with E-state index in [1.807, 2.05) is 5.01 Å². The summed E-state index contributed by atoms with van der Waals surface area (Å²) < 4.78 is 5.09. The third kappa shape index (κ3) is 3.12. The van der Waals surface area contributed by atoms with Crippen molar-refractivity contribution in [2.24, 2.45) is 5.10 Å². The molecule has 2 unspecified atom stereocenters. The van der Waals surface area contributed by atoms with Crippen LogP contribution in [0.25, 0.3) is 0 Å². The summed E-state index contributed by atoms with van der Waals surface area (Å²) in [7, 11) is 1.69. The summed E-state index contributed by atoms with van der Waals surface area (Å²) in [5.41, 5.74) is 0. The molecule has 0 radical (unpaired) electrons. The lowest BCUT2D eigenvalue weighted by molar-refractivity contribution is 0.117. The topological polar surface area (TPSA) is 45.1 Å². The minimum absolute atomic E-state index is 0.355. The van der Waals surface area contributed by atoms with Gasteiger partial charge in [-0.15, -0.1) is 6.58 Å². The van der Waals surface area contributed by atoms with Crippen molar-refractivity contribution < 1.29 is 9.84 Å². The van der Waals surface area contributed by atoms with Crippen molar-refractivity contribution in [1.29, 1.82) is 0 Å². The molecule has 1 fully saturated rings. The summed E-state index contributed by atoms with van der Waals surface area (Å²) >= 11 is 0. The number of ether oxygens (including phenoxy) is 1. The van der Waals surface area contributed by atoms with Crippen LogP contribution in [0.4, 0.5) is 0 Å². The predicted molar refractivity (Wildman–Crippen MR) is 56.3 cm³/mol. The Hall–Kier alpha value is -0.870. The molecule has 1 heterocycles. The first-order chi connectivity index (χ1) is 6.77. The maximum absolute atomic E-state index is 9.21. The molecule has 0 aromatic carbocycles. The maximum Gasteiger partial charge on any atom is 0.109 e. The summed E-state index contributed by atoms with van der Waals surface area (Å²) in [6.07, 6.45) is 4.54. The quantitative estimate of drug-likeness (QED) is 0.520. The molecule has 1 N–H and O–H groups in total. The van der Waals surface area contributed by atoms with Crippen LogP contribution in [0, 0.1) is 0 Å². The van der Waals surface area contributed by atoms with Crippen LogP contribution in [0.2, 0.25) is 0 Å². The molecule has 0 aromatic heterocycles. The smallest absolute Gasteiger partial charge is 0.109 e. The lowest BCUT2D eigenvalue weighted by Gasteiger charge is -2.20. The highest BCUT2D eigenvalue weighted by Crippen LogP contribution is 2.17. The molecule has 1 aliphatic heterocycles. The van der Waals surface area contributed by atoms with E-state index in [0.717, 1.165) is 19.4 Å². The number of rotatable bonds is 5. The van der Waals surface area contributed by atoms with E-state index in [9.17, 15) is 5.11 Å². The molecule has 14 heavy (non-hydrogen) atoms. The number of nitrogens with zero attached hydrogens (tertiary/aromatic N) is 2. The molecule has 0 spiro atoms. The second kappa shape index (κ2) is 5.78. The minimum atomic E-state index is -0.654. The Balaban J connectivity index is 2.42. The fourth-order valence-corrected chi connectivity index (χ4v) is 1.55. The average molecular weight is 198 g/mol. The zero-order valence-electron chi connectivity index (χ0n) is 8.59. The molecule has 1 aliphatic rings. The Labute approximate surface area is 84.9 Å². The summed E-state index contributed by atoms with van der Waals surface area (Å²) in [6.45, 7) is 5.11. The van der Waals surface area contributed by atoms with Crippen LogP contribution >= 0.6 is 0 Å². The molecule has 4 nitrogen and oxygen atoms in total. The van der Waals surface area contributed by atoms with Crippen LogP contribution in [-0.2, 0) is 4.74 Å². The van der Waals surface area contributed by atoms with Gasteiger partial charge >= 0.3 is 0 Å². The van der Waals surface area contributed by atoms with E-state index in [-0.39, 0.29) is 0 Å². The number of hydrazone groups is 1. The van der Waals surface area contributed by atoms with Gasteiger partial charge in [0.25, 0.3) is 0 Å². The second-order valence-corrected chi connectivity index (χ2v) is 3.41. The Morgan fingerprint density at radius 3 is 3.21 bits per heavy atom. The van der Waals surface area contributed by atoms with E-state index in [2.05, 4.69) is 11.7 Å². The molecule has 0 aliphatic carbocycles. The van der Waals surface area contributed by atoms with Gasteiger partial charge < -0.3 is 9.84 Å². The zero-order chi connectivity index (χ0) is 10.4. The molecular formula is C10H18N2O2. The molecule has 1 rings (SSSR count). The molecule has 0 bridgehead atoms. The van der Waals surface area contributed by atoms with Crippen LogP contribution in [-0.4, -0.2) is 48.7 Å². The first-order valence-electron chi connectivity index (χ1n) is 4.88. The summed E-state index contributed by atoms with van der Waals surface area (Å²) in [5.74, 6) is 0. The van der Waals surface area contributed by atoms with Gasteiger partial charge in [0.05, 0.1) is 18.9 Å². The van der Waals surface area contributed by atoms with E-state index in [1.54, 1.807) is 7.11 Å². The summed E-state index contributed by atoms with van der Waals surface area (Å²) in [6, 6.07) is 0.355. The SMILES string of the molecule is C=CC(O)/C=N/N1CCCC1COC. The molecule has 0 amide bonds. The maximum atomic E-state index is 9.21. The number of hydrogen-bond acceptors (Lipinski definition) is 4. The molecule has 2 atom stereocenters. The summed E-state index contributed by atoms with van der Waals surface area (Å²) in [5, 5.41) is 15.4. The van der Waals surface area contributed by atoms with Gasteiger partial charge in [0.15, 0.2) is 0 Å². The van der Waals surface area contributed by atoms with Gasteiger partial charge in [-0.1, -0.05) is 6.08 Å². The highest BCUT2D eigenvalue weighted by molar-refractivity contribution is 5.64. The van der Waals surface area contributed by atoms with Crippen LogP contribution in [0.3, 0.4) is 0 Å². The first kappa shape index (κ1) is 11.2. The van der Waals surface area contributed by atoms with Crippen molar-refractivity contribution in [2.45, 2.75) is 25.0 Å². The molecule has 0 saturated carbocycles. The largest absolute Gasteiger partial charge is 0.383 e. The number of aliphatic hydroxyl groups excluding tert-OH is 1. The van der Waals surface area contributed by atoms with E-state index >= 15 is 0 Å². The number of methoxy groups -OCH3 is 1. The second-order valence-electron chi connectivity index (χ2n) is 3.41. The van der Waals surface area contributed by atoms with Crippen molar-refractivity contribution in [3.05, 3.63) is 12.7 Å². The lowest BCUT2D eigenvalue weighted by Crippen LogP contribution is -2.29. The molecule has 1 saturated heterocycles. The van der Waals surface area contributed by atoms with Crippen molar-refractivity contribution in [1.82, 2.24) is 5.01 Å². The van der Waals surface area contributed by atoms with Crippen molar-refractivity contribution in [2.75, 3.05) is 20.3 Å². The molecular weight excluding hydrogens is 180 g/mol. The van der Waals surface area contributed by atoms with Crippen molar-refractivity contribution in [3.63, 3.8) is 0 Å². The third-order valence-electron chi connectivity index (χ3n) is 2.31. The molecule has 0 aromatic rings. The van der Waals surface area contributed by atoms with Gasteiger partial charge in [0, 0.05) is 13.7 Å². The predicted octanol–water partition coefficient (Wildman–Crippen LogP) is 0.630. The monoisotopic (exact) mass is 198 g/mol. The van der Waals surface area contributed by atoms with E-state index in [4.69, 9.17) is 4.74 Å². The Morgan fingerprint density at radius 1 is 1.79 bits per heavy atom. The fraction of sp³-hybridized carbons (Fsp3) is 0.700. The van der Waals surface area contributed by atoms with E-state index in [0.29, 0.717) is 12.6 Å². The standard InChI is InChI=1S/C10H18N2O2/c1-3-10(13)7-11-12-6-4-5-9(12)8-14-2/h3,7,9-10,13H,1,4-6,8H2,2H3/b11-7+. The van der Waals surface area contributed by atoms with Crippen LogP contribution in [0.5, 0.6) is 0 Å². The van der Waals surface area contributed by atoms with Crippen LogP contribution < -0.4 is 0 Å². The Kier molecular flexibility index (Phi) is 4.62. The number of aliphatic hydroxyl groups is 1. The van der Waals surface area contributed by atoms with Gasteiger partial charge in [-0.05, 0) is 12.8 Å². The minimum Gasteiger partial charge on any atom is -0.383 e. The van der Waals surface area contributed by atoms with Crippen molar-refractivity contribution >= 4 is 6.21 Å². The van der Waals surface area contributed by atoms with Gasteiger partial charge in [0.1, 0.15) is 6.10 Å². The van der Waals surface area contributed by atoms with Crippen LogP contribution in [0.15, 0.2) is 17.8 Å². The Morgan fingerprint density at radius 2 is 2.57 bits per heavy atom. The average Bonchev–Trinajstić information content (AvgIpc) is 2.62. The highest BCUT2D eigenvalue weighted by Gasteiger charge is 2.22. The molecule has 4 heteroatoms. The summed E-state index contributed by atoms with van der Waals surface area (Å²) in [4.78, 5) is 0. The highest BCUT2D eigenvalue weighted by atomic mass is 16.5. The van der Waals surface area contributed by atoms with Crippen LogP contribution in [0.1, 0.15) is 12.8 Å². The van der Waals surface area contributed by atoms with E-state index in [1.165, 1.54) is 12.3 Å². The van der Waals surface area contributed by atoms with Gasteiger partial charge in [-0.3, -0.25) is 5.01 Å². The van der Waals surface area contributed by atoms with Crippen molar-refractivity contribution in [3.8, 4) is 0 Å². The van der Waals surface area contributed by atoms with E-state index < -0.39 is 6.10 Å². The lowest BCUT2D eigenvalue weighted by atomic mass is 10.2. The fourth-order valence-electron chi connectivity index (χ4n) is 1.55. The zero-order valence-corrected chi connectivity index (χ0v) is 8.59. The van der Waals surface area contributed by atoms with Gasteiger partial charge in [-0.2, -0.15) is 5.10 Å². The third-order valence-corrected chi connectivity index (χ3v) is 2.31. The van der Waals surface area contributed by atoms with Gasteiger partial charge in [0.2, 0.25) is 0 Å². The molecule has 80 valence electrons. The van der Waals surface area contributed by atoms with Gasteiger partial charge in [-0.25, -0.2) is 0 Å². The Bertz CT molecular complexity index is 206. The normalized spacial score (nSPS) is 24.4. The first-order valence-corrected chi connectivity index (χ1v) is 4.88. The number of hydrogen-bond donors (Lipinski definition) is 1.